The fourth-order valence-corrected chi connectivity index (χ4v) is 2.99. The van der Waals surface area contributed by atoms with Crippen molar-refractivity contribution >= 4 is 8.25 Å². The van der Waals surface area contributed by atoms with E-state index in [-0.39, 0.29) is 0 Å². The molecule has 0 radical (unpaired) electrons. The van der Waals surface area contributed by atoms with Crippen molar-refractivity contribution in [3.63, 3.8) is 0 Å². The molecule has 0 aliphatic heterocycles. The number of nitriles is 1. The van der Waals surface area contributed by atoms with Gasteiger partial charge in [0.2, 0.25) is 0 Å². The molecule has 0 amide bonds. The van der Waals surface area contributed by atoms with Crippen LogP contribution >= 0.6 is 8.25 Å². The molecular weight excluding hydrogens is 322 g/mol. The maximum absolute atomic E-state index is 8.14. The van der Waals surface area contributed by atoms with Gasteiger partial charge in [0.1, 0.15) is 0 Å². The average molecular weight is 330 g/mol. The first-order chi connectivity index (χ1) is 4.41. The van der Waals surface area contributed by atoms with E-state index in [4.69, 9.17) is 13.5 Å². The molecule has 1 nitrogen and oxygen atoms in total. The second kappa shape index (κ2) is 8.46. The Morgan fingerprint density at radius 1 is 1.67 bits per heavy atom. The Labute approximate surface area is 71.6 Å². The SMILES string of the molecule is N#CCCC/C=[CH]/[Hg][Cl]. The molecule has 0 saturated carbocycles. The van der Waals surface area contributed by atoms with Crippen molar-refractivity contribution in [3.05, 3.63) is 9.66 Å². The minimum absolute atomic E-state index is 0.670. The van der Waals surface area contributed by atoms with Gasteiger partial charge in [-0.1, -0.05) is 0 Å². The van der Waals surface area contributed by atoms with E-state index < -0.39 is 23.3 Å². The van der Waals surface area contributed by atoms with Gasteiger partial charge in [-0.3, -0.25) is 0 Å². The standard InChI is InChI=1S/C6H8N.ClH.Hg/c1-2-3-4-5-6-7;;/h1-2H,3-5H2;1H;/q;;+1/p-1. The third-order valence-corrected chi connectivity index (χ3v) is 4.47. The second-order valence-corrected chi connectivity index (χ2v) is 7.42. The van der Waals surface area contributed by atoms with Crippen molar-refractivity contribution in [2.45, 2.75) is 19.3 Å². The molecule has 0 aliphatic carbocycles. The first kappa shape index (κ1) is 9.46. The predicted octanol–water partition coefficient (Wildman–Crippen LogP) is 2.43. The number of allylic oxidation sites excluding steroid dienone is 1. The van der Waals surface area contributed by atoms with Crippen LogP contribution in [0.3, 0.4) is 0 Å². The van der Waals surface area contributed by atoms with Crippen LogP contribution in [0.4, 0.5) is 0 Å². The molecule has 0 aromatic rings. The third kappa shape index (κ3) is 8.46. The van der Waals surface area contributed by atoms with Crippen molar-refractivity contribution < 1.29 is 23.3 Å². The molecule has 0 fully saturated rings. The summed E-state index contributed by atoms with van der Waals surface area (Å²) in [5, 5.41) is 8.14. The number of unbranched alkanes of at least 4 members (excludes halogenated alkanes) is 2. The van der Waals surface area contributed by atoms with Crippen molar-refractivity contribution in [3.8, 4) is 6.07 Å². The monoisotopic (exact) mass is 331 g/mol. The van der Waals surface area contributed by atoms with Gasteiger partial charge in [0, 0.05) is 0 Å². The van der Waals surface area contributed by atoms with Gasteiger partial charge < -0.3 is 0 Å². The van der Waals surface area contributed by atoms with Gasteiger partial charge in [-0.15, -0.1) is 0 Å². The van der Waals surface area contributed by atoms with E-state index >= 15 is 0 Å². The summed E-state index contributed by atoms with van der Waals surface area (Å²) >= 11 is -1.00. The van der Waals surface area contributed by atoms with Crippen LogP contribution in [0.15, 0.2) is 9.66 Å². The Bertz CT molecular complexity index is 117. The van der Waals surface area contributed by atoms with Gasteiger partial charge in [-0.2, -0.15) is 0 Å². The molecule has 0 N–H and O–H groups in total. The van der Waals surface area contributed by atoms with Crippen molar-refractivity contribution in [2.75, 3.05) is 0 Å². The van der Waals surface area contributed by atoms with Crippen LogP contribution in [0.5, 0.6) is 0 Å². The topological polar surface area (TPSA) is 23.8 Å². The van der Waals surface area contributed by atoms with Gasteiger partial charge in [0.05, 0.1) is 0 Å². The molecule has 0 aromatic carbocycles. The minimum atomic E-state index is -1.00. The van der Waals surface area contributed by atoms with Crippen LogP contribution in [0.1, 0.15) is 19.3 Å². The Hall–Kier alpha value is 0.455. The molecule has 0 aromatic heterocycles. The van der Waals surface area contributed by atoms with Crippen LogP contribution in [-0.2, 0) is 23.3 Å². The van der Waals surface area contributed by atoms with Crippen molar-refractivity contribution in [1.82, 2.24) is 0 Å². The number of halogens is 1. The Balaban J connectivity index is 2.92. The van der Waals surface area contributed by atoms with Gasteiger partial charge in [-0.25, -0.2) is 0 Å². The van der Waals surface area contributed by atoms with E-state index in [0.717, 1.165) is 12.8 Å². The summed E-state index contributed by atoms with van der Waals surface area (Å²) in [6.45, 7) is 0. The van der Waals surface area contributed by atoms with E-state index in [1.807, 2.05) is 0 Å². The average Bonchev–Trinajstić information content (AvgIpc) is 1.89. The maximum atomic E-state index is 8.14. The molecule has 0 spiro atoms. The first-order valence-electron chi connectivity index (χ1n) is 2.99. The number of rotatable bonds is 4. The summed E-state index contributed by atoms with van der Waals surface area (Å²) in [6.07, 6.45) is 4.79. The number of nitrogens with zero attached hydrogens (tertiary/aromatic N) is 1. The third-order valence-electron chi connectivity index (χ3n) is 0.915. The van der Waals surface area contributed by atoms with Gasteiger partial charge in [0.25, 0.3) is 0 Å². The van der Waals surface area contributed by atoms with E-state index in [0.29, 0.717) is 6.42 Å². The van der Waals surface area contributed by atoms with Crippen LogP contribution < -0.4 is 0 Å². The van der Waals surface area contributed by atoms with Crippen LogP contribution in [0.25, 0.3) is 0 Å². The van der Waals surface area contributed by atoms with Crippen molar-refractivity contribution in [1.29, 1.82) is 5.26 Å². The number of hydrogen-bond acceptors (Lipinski definition) is 1. The van der Waals surface area contributed by atoms with E-state index in [9.17, 15) is 0 Å². The summed E-state index contributed by atoms with van der Waals surface area (Å²) in [7, 11) is 5.58. The van der Waals surface area contributed by atoms with Crippen LogP contribution in [-0.4, -0.2) is 0 Å². The molecule has 0 atom stereocenters. The molecule has 0 saturated heterocycles. The molecule has 0 aliphatic rings. The molecular formula is C6H8ClHgN. The van der Waals surface area contributed by atoms with E-state index in [1.165, 1.54) is 0 Å². The van der Waals surface area contributed by atoms with Crippen molar-refractivity contribution in [2.24, 2.45) is 0 Å². The molecule has 9 heavy (non-hydrogen) atoms. The van der Waals surface area contributed by atoms with Gasteiger partial charge in [-0.05, 0) is 0 Å². The zero-order chi connectivity index (χ0) is 6.95. The first-order valence-corrected chi connectivity index (χ1v) is 12.9. The summed E-state index contributed by atoms with van der Waals surface area (Å²) in [5.41, 5.74) is 0. The molecule has 0 rings (SSSR count). The quantitative estimate of drug-likeness (QED) is 0.574. The normalized spacial score (nSPS) is 8.89. The Morgan fingerprint density at radius 2 is 2.44 bits per heavy atom. The van der Waals surface area contributed by atoms with Crippen LogP contribution in [0, 0.1) is 11.3 Å². The van der Waals surface area contributed by atoms with Gasteiger partial charge >= 0.3 is 71.8 Å². The summed E-state index contributed by atoms with van der Waals surface area (Å²) in [6, 6.07) is 2.10. The fraction of sp³-hybridized carbons (Fsp3) is 0.500. The zero-order valence-electron chi connectivity index (χ0n) is 5.31. The summed E-state index contributed by atoms with van der Waals surface area (Å²) in [4.78, 5) is 0. The molecule has 0 heterocycles. The Morgan fingerprint density at radius 3 is 3.00 bits per heavy atom. The van der Waals surface area contributed by atoms with E-state index in [2.05, 4.69) is 15.7 Å². The summed E-state index contributed by atoms with van der Waals surface area (Å²) in [5.74, 6) is 0. The molecule has 3 heteroatoms. The zero-order valence-corrected chi connectivity index (χ0v) is 11.6. The molecule has 46 valence electrons. The van der Waals surface area contributed by atoms with Crippen LogP contribution in [0.2, 0.25) is 0 Å². The Kier molecular flexibility index (Phi) is 8.88. The predicted molar refractivity (Wildman–Crippen MR) is 34.5 cm³/mol. The van der Waals surface area contributed by atoms with E-state index in [1.54, 1.807) is 0 Å². The summed E-state index contributed by atoms with van der Waals surface area (Å²) < 4.78 is 2.12. The van der Waals surface area contributed by atoms with Gasteiger partial charge in [0.15, 0.2) is 0 Å². The number of hydrogen-bond donors (Lipinski definition) is 0. The second-order valence-electron chi connectivity index (χ2n) is 1.68. The molecule has 0 unspecified atom stereocenters. The fourth-order valence-electron chi connectivity index (χ4n) is 0.480. The molecule has 0 bridgehead atoms.